The number of hydrogen-bond donors (Lipinski definition) is 1. The summed E-state index contributed by atoms with van der Waals surface area (Å²) in [4.78, 5) is 24.6. The number of rotatable bonds is 6. The van der Waals surface area contributed by atoms with E-state index in [-0.39, 0.29) is 17.9 Å². The standard InChI is InChI=1S/C24H33N5O3/c1-15-13-21(32-28-15)20-14-25-24(27-22(20)16-3-4-16)29-11-9-18(10-12-29)26-23(30)17-5-7-19(31-2)8-6-17/h13-14,16-19H,3-12H2,1-2H3,(H,26,30). The number of hydrogen-bond acceptors (Lipinski definition) is 7. The van der Waals surface area contributed by atoms with Crippen molar-refractivity contribution in [3.63, 3.8) is 0 Å². The molecule has 1 aliphatic heterocycles. The molecule has 0 unspecified atom stereocenters. The van der Waals surface area contributed by atoms with E-state index in [0.29, 0.717) is 12.0 Å². The number of carbonyl (C=O) groups excluding carboxylic acids is 1. The maximum atomic E-state index is 12.7. The Bertz CT molecular complexity index is 941. The fraction of sp³-hybridized carbons (Fsp3) is 0.667. The number of methoxy groups -OCH3 is 1. The molecule has 0 spiro atoms. The molecule has 0 aromatic carbocycles. The zero-order valence-electron chi connectivity index (χ0n) is 19.0. The zero-order chi connectivity index (χ0) is 22.1. The maximum absolute atomic E-state index is 12.7. The van der Waals surface area contributed by atoms with Crippen LogP contribution in [0.15, 0.2) is 16.8 Å². The summed E-state index contributed by atoms with van der Waals surface area (Å²) >= 11 is 0. The topological polar surface area (TPSA) is 93.4 Å². The second-order valence-corrected chi connectivity index (χ2v) is 9.55. The molecule has 3 heterocycles. The van der Waals surface area contributed by atoms with E-state index in [1.807, 2.05) is 19.2 Å². The average molecular weight is 440 g/mol. The van der Waals surface area contributed by atoms with Crippen LogP contribution in [-0.2, 0) is 9.53 Å². The van der Waals surface area contributed by atoms with Crippen molar-refractivity contribution in [3.05, 3.63) is 23.7 Å². The van der Waals surface area contributed by atoms with Crippen LogP contribution >= 0.6 is 0 Å². The fourth-order valence-electron chi connectivity index (χ4n) is 4.99. The Morgan fingerprint density at radius 1 is 1.12 bits per heavy atom. The van der Waals surface area contributed by atoms with Crippen molar-refractivity contribution in [1.82, 2.24) is 20.4 Å². The van der Waals surface area contributed by atoms with Gasteiger partial charge in [0.1, 0.15) is 0 Å². The van der Waals surface area contributed by atoms with Gasteiger partial charge in [0.25, 0.3) is 0 Å². The summed E-state index contributed by atoms with van der Waals surface area (Å²) in [5, 5.41) is 7.32. The number of amides is 1. The number of carbonyl (C=O) groups is 1. The minimum absolute atomic E-state index is 0.135. The quantitative estimate of drug-likeness (QED) is 0.735. The van der Waals surface area contributed by atoms with E-state index in [0.717, 1.165) is 93.1 Å². The largest absolute Gasteiger partial charge is 0.381 e. The van der Waals surface area contributed by atoms with E-state index in [4.69, 9.17) is 14.2 Å². The molecule has 2 saturated carbocycles. The van der Waals surface area contributed by atoms with Crippen LogP contribution in [0.25, 0.3) is 11.3 Å². The molecule has 32 heavy (non-hydrogen) atoms. The first-order valence-corrected chi connectivity index (χ1v) is 12.0. The first-order chi connectivity index (χ1) is 15.6. The highest BCUT2D eigenvalue weighted by atomic mass is 16.5. The van der Waals surface area contributed by atoms with Crippen LogP contribution in [0.4, 0.5) is 5.95 Å². The fourth-order valence-corrected chi connectivity index (χ4v) is 4.99. The molecule has 8 nitrogen and oxygen atoms in total. The van der Waals surface area contributed by atoms with Crippen LogP contribution in [0.3, 0.4) is 0 Å². The molecule has 2 aliphatic carbocycles. The molecule has 5 rings (SSSR count). The monoisotopic (exact) mass is 439 g/mol. The second-order valence-electron chi connectivity index (χ2n) is 9.55. The Morgan fingerprint density at radius 2 is 1.88 bits per heavy atom. The molecule has 172 valence electrons. The molecular weight excluding hydrogens is 406 g/mol. The van der Waals surface area contributed by atoms with E-state index in [2.05, 4.69) is 20.4 Å². The first-order valence-electron chi connectivity index (χ1n) is 12.0. The summed E-state index contributed by atoms with van der Waals surface area (Å²) in [5.74, 6) is 2.38. The third-order valence-corrected chi connectivity index (χ3v) is 7.17. The Labute approximate surface area is 189 Å². The highest BCUT2D eigenvalue weighted by Crippen LogP contribution is 2.43. The van der Waals surface area contributed by atoms with Gasteiger partial charge in [-0.25, -0.2) is 9.97 Å². The minimum atomic E-state index is 0.135. The van der Waals surface area contributed by atoms with Gasteiger partial charge in [-0.05, 0) is 58.3 Å². The summed E-state index contributed by atoms with van der Waals surface area (Å²) in [7, 11) is 1.76. The van der Waals surface area contributed by atoms with Gasteiger partial charge in [0.2, 0.25) is 11.9 Å². The predicted molar refractivity (Wildman–Crippen MR) is 120 cm³/mol. The van der Waals surface area contributed by atoms with Crippen molar-refractivity contribution >= 4 is 11.9 Å². The SMILES string of the molecule is COC1CCC(C(=O)NC2CCN(c3ncc(-c4cc(C)no4)c(C4CC4)n3)CC2)CC1. The van der Waals surface area contributed by atoms with Crippen molar-refractivity contribution in [2.45, 2.75) is 76.4 Å². The number of aryl methyl sites for hydroxylation is 1. The van der Waals surface area contributed by atoms with Crippen LogP contribution in [0, 0.1) is 12.8 Å². The number of nitrogens with one attached hydrogen (secondary N) is 1. The molecule has 2 aromatic rings. The number of nitrogens with zero attached hydrogens (tertiary/aromatic N) is 4. The van der Waals surface area contributed by atoms with E-state index >= 15 is 0 Å². The van der Waals surface area contributed by atoms with Gasteiger partial charge in [0, 0.05) is 50.3 Å². The molecule has 0 bridgehead atoms. The normalized spacial score (nSPS) is 24.5. The summed E-state index contributed by atoms with van der Waals surface area (Å²) < 4.78 is 10.9. The van der Waals surface area contributed by atoms with Gasteiger partial charge in [-0.2, -0.15) is 0 Å². The van der Waals surface area contributed by atoms with E-state index < -0.39 is 0 Å². The van der Waals surface area contributed by atoms with Crippen LogP contribution in [0.1, 0.15) is 68.7 Å². The van der Waals surface area contributed by atoms with Gasteiger partial charge >= 0.3 is 0 Å². The van der Waals surface area contributed by atoms with E-state index in [1.54, 1.807) is 7.11 Å². The third kappa shape index (κ3) is 4.65. The van der Waals surface area contributed by atoms with Gasteiger partial charge in [-0.3, -0.25) is 4.79 Å². The van der Waals surface area contributed by atoms with E-state index in [1.165, 1.54) is 0 Å². The molecule has 0 atom stereocenters. The molecule has 1 amide bonds. The predicted octanol–water partition coefficient (Wildman–Crippen LogP) is 3.61. The smallest absolute Gasteiger partial charge is 0.225 e. The Kier molecular flexibility index (Phi) is 6.13. The van der Waals surface area contributed by atoms with Gasteiger partial charge in [0.15, 0.2) is 5.76 Å². The number of piperidine rings is 1. The van der Waals surface area contributed by atoms with Crippen LogP contribution < -0.4 is 10.2 Å². The van der Waals surface area contributed by atoms with E-state index in [9.17, 15) is 4.79 Å². The van der Waals surface area contributed by atoms with Crippen molar-refractivity contribution < 1.29 is 14.1 Å². The highest BCUT2D eigenvalue weighted by molar-refractivity contribution is 5.79. The minimum Gasteiger partial charge on any atom is -0.381 e. The number of anilines is 1. The lowest BCUT2D eigenvalue weighted by Crippen LogP contribution is -2.47. The molecular formula is C24H33N5O3. The van der Waals surface area contributed by atoms with Crippen molar-refractivity contribution in [2.24, 2.45) is 5.92 Å². The van der Waals surface area contributed by atoms with Crippen molar-refractivity contribution in [1.29, 1.82) is 0 Å². The highest BCUT2D eigenvalue weighted by Gasteiger charge is 2.32. The molecule has 0 radical (unpaired) electrons. The molecule has 2 aromatic heterocycles. The Hall–Kier alpha value is -2.48. The molecule has 3 aliphatic rings. The second kappa shape index (κ2) is 9.17. The van der Waals surface area contributed by atoms with Crippen LogP contribution in [0.2, 0.25) is 0 Å². The maximum Gasteiger partial charge on any atom is 0.225 e. The van der Waals surface area contributed by atoms with Crippen LogP contribution in [-0.4, -0.2) is 53.4 Å². The molecule has 3 fully saturated rings. The number of ether oxygens (including phenoxy) is 1. The lowest BCUT2D eigenvalue weighted by molar-refractivity contribution is -0.127. The summed E-state index contributed by atoms with van der Waals surface area (Å²) in [5.41, 5.74) is 2.90. The first kappa shape index (κ1) is 21.4. The lowest BCUT2D eigenvalue weighted by atomic mass is 9.86. The Balaban J connectivity index is 1.18. The third-order valence-electron chi connectivity index (χ3n) is 7.17. The average Bonchev–Trinajstić information content (AvgIpc) is 3.59. The molecule has 1 N–H and O–H groups in total. The summed E-state index contributed by atoms with van der Waals surface area (Å²) in [6.45, 7) is 3.63. The van der Waals surface area contributed by atoms with Crippen LogP contribution in [0.5, 0.6) is 0 Å². The van der Waals surface area contributed by atoms with Gasteiger partial charge in [-0.1, -0.05) is 5.16 Å². The summed E-state index contributed by atoms with van der Waals surface area (Å²) in [6.07, 6.45) is 10.2. The molecule has 8 heteroatoms. The van der Waals surface area contributed by atoms with Crippen molar-refractivity contribution in [3.8, 4) is 11.3 Å². The van der Waals surface area contributed by atoms with Gasteiger partial charge in [0.05, 0.1) is 23.1 Å². The van der Waals surface area contributed by atoms with Gasteiger partial charge < -0.3 is 19.5 Å². The molecule has 1 saturated heterocycles. The Morgan fingerprint density at radius 3 is 2.50 bits per heavy atom. The lowest BCUT2D eigenvalue weighted by Gasteiger charge is -2.34. The number of aromatic nitrogens is 3. The zero-order valence-corrected chi connectivity index (χ0v) is 19.0. The van der Waals surface area contributed by atoms with Gasteiger partial charge in [-0.15, -0.1) is 0 Å². The summed E-state index contributed by atoms with van der Waals surface area (Å²) in [6, 6.07) is 2.18. The van der Waals surface area contributed by atoms with Crippen molar-refractivity contribution in [2.75, 3.05) is 25.1 Å².